The molecule has 0 saturated heterocycles. The van der Waals surface area contributed by atoms with Crippen LogP contribution in [0.2, 0.25) is 0 Å². The van der Waals surface area contributed by atoms with E-state index in [-0.39, 0.29) is 0 Å². The van der Waals surface area contributed by atoms with Gasteiger partial charge in [0.25, 0.3) is 0 Å². The first-order valence-electron chi connectivity index (χ1n) is 6.03. The van der Waals surface area contributed by atoms with Gasteiger partial charge >= 0.3 is 0 Å². The first-order valence-corrected chi connectivity index (χ1v) is 6.03. The summed E-state index contributed by atoms with van der Waals surface area (Å²) in [7, 11) is 0. The van der Waals surface area contributed by atoms with Crippen molar-refractivity contribution in [2.75, 3.05) is 6.54 Å². The van der Waals surface area contributed by atoms with Crippen LogP contribution in [-0.4, -0.2) is 16.3 Å². The van der Waals surface area contributed by atoms with E-state index in [4.69, 9.17) is 0 Å². The molecule has 0 unspecified atom stereocenters. The topological polar surface area (TPSA) is 29.9 Å². The van der Waals surface area contributed by atoms with Gasteiger partial charge < -0.3 is 5.32 Å². The van der Waals surface area contributed by atoms with Gasteiger partial charge in [0.15, 0.2) is 0 Å². The summed E-state index contributed by atoms with van der Waals surface area (Å²) < 4.78 is 2.00. The summed E-state index contributed by atoms with van der Waals surface area (Å²) in [5, 5.41) is 7.78. The van der Waals surface area contributed by atoms with Crippen LogP contribution in [-0.2, 0) is 6.54 Å². The molecule has 0 aliphatic rings. The van der Waals surface area contributed by atoms with E-state index >= 15 is 0 Å². The minimum atomic E-state index is 0.883. The van der Waals surface area contributed by atoms with Crippen molar-refractivity contribution in [2.24, 2.45) is 0 Å². The zero-order valence-electron chi connectivity index (χ0n) is 10.7. The molecule has 0 amide bonds. The molecule has 0 atom stereocenters. The van der Waals surface area contributed by atoms with E-state index < -0.39 is 0 Å². The third-order valence-corrected chi connectivity index (χ3v) is 2.92. The molecule has 17 heavy (non-hydrogen) atoms. The average Bonchev–Trinajstić information content (AvgIpc) is 2.68. The van der Waals surface area contributed by atoms with Gasteiger partial charge in [-0.15, -0.1) is 0 Å². The highest BCUT2D eigenvalue weighted by molar-refractivity contribution is 5.37. The molecule has 0 fully saturated rings. The van der Waals surface area contributed by atoms with Gasteiger partial charge in [-0.2, -0.15) is 5.10 Å². The minimum absolute atomic E-state index is 0.883. The molecule has 1 aromatic carbocycles. The van der Waals surface area contributed by atoms with Crippen LogP contribution >= 0.6 is 0 Å². The highest BCUT2D eigenvalue weighted by Crippen LogP contribution is 2.15. The Balaban J connectivity index is 2.30. The molecule has 1 heterocycles. The summed E-state index contributed by atoms with van der Waals surface area (Å²) in [5.74, 6) is 0. The van der Waals surface area contributed by atoms with Gasteiger partial charge in [-0.25, -0.2) is 4.68 Å². The predicted octanol–water partition coefficient (Wildman–Crippen LogP) is 2.60. The molecular formula is C14H19N3. The van der Waals surface area contributed by atoms with Crippen LogP contribution in [0.3, 0.4) is 0 Å². The van der Waals surface area contributed by atoms with Crippen LogP contribution in [0.1, 0.15) is 23.7 Å². The van der Waals surface area contributed by atoms with Gasteiger partial charge in [-0.3, -0.25) is 0 Å². The van der Waals surface area contributed by atoms with Crippen molar-refractivity contribution in [1.29, 1.82) is 0 Å². The average molecular weight is 229 g/mol. The largest absolute Gasteiger partial charge is 0.313 e. The monoisotopic (exact) mass is 229 g/mol. The second-order valence-electron chi connectivity index (χ2n) is 4.29. The Morgan fingerprint density at radius 3 is 2.82 bits per heavy atom. The summed E-state index contributed by atoms with van der Waals surface area (Å²) in [5.41, 5.74) is 4.85. The molecule has 0 spiro atoms. The summed E-state index contributed by atoms with van der Waals surface area (Å²) in [4.78, 5) is 0. The van der Waals surface area contributed by atoms with E-state index in [0.29, 0.717) is 0 Å². The third kappa shape index (κ3) is 2.56. The lowest BCUT2D eigenvalue weighted by Crippen LogP contribution is -2.12. The van der Waals surface area contributed by atoms with E-state index in [2.05, 4.69) is 55.5 Å². The van der Waals surface area contributed by atoms with Crippen LogP contribution < -0.4 is 5.32 Å². The molecule has 0 aliphatic carbocycles. The smallest absolute Gasteiger partial charge is 0.0651 e. The Bertz CT molecular complexity index is 500. The fourth-order valence-electron chi connectivity index (χ4n) is 1.90. The molecule has 3 heteroatoms. The number of nitrogens with zero attached hydrogens (tertiary/aromatic N) is 2. The van der Waals surface area contributed by atoms with E-state index in [1.54, 1.807) is 0 Å². The Morgan fingerprint density at radius 1 is 1.29 bits per heavy atom. The summed E-state index contributed by atoms with van der Waals surface area (Å²) in [6.07, 6.45) is 1.94. The maximum atomic E-state index is 4.46. The molecule has 0 saturated carbocycles. The molecule has 3 nitrogen and oxygen atoms in total. The maximum absolute atomic E-state index is 4.46. The van der Waals surface area contributed by atoms with Crippen molar-refractivity contribution in [3.05, 3.63) is 47.3 Å². The number of aryl methyl sites for hydroxylation is 1. The molecule has 0 bridgehead atoms. The molecule has 1 N–H and O–H groups in total. The van der Waals surface area contributed by atoms with Crippen LogP contribution in [0.4, 0.5) is 0 Å². The number of nitrogens with one attached hydrogen (secondary N) is 1. The van der Waals surface area contributed by atoms with Crippen molar-refractivity contribution < 1.29 is 0 Å². The number of benzene rings is 1. The second-order valence-corrected chi connectivity index (χ2v) is 4.29. The Hall–Kier alpha value is -1.61. The lowest BCUT2D eigenvalue weighted by molar-refractivity contribution is 0.721. The van der Waals surface area contributed by atoms with Crippen molar-refractivity contribution in [3.63, 3.8) is 0 Å². The zero-order valence-corrected chi connectivity index (χ0v) is 10.7. The van der Waals surface area contributed by atoms with E-state index in [9.17, 15) is 0 Å². The fourth-order valence-corrected chi connectivity index (χ4v) is 1.90. The molecule has 0 aliphatic heterocycles. The van der Waals surface area contributed by atoms with E-state index in [1.165, 1.54) is 16.8 Å². The maximum Gasteiger partial charge on any atom is 0.0651 e. The summed E-state index contributed by atoms with van der Waals surface area (Å²) in [6, 6.07) is 8.40. The van der Waals surface area contributed by atoms with E-state index in [0.717, 1.165) is 18.8 Å². The Morgan fingerprint density at radius 2 is 2.12 bits per heavy atom. The van der Waals surface area contributed by atoms with Crippen LogP contribution in [0.15, 0.2) is 30.5 Å². The molecule has 2 aromatic rings. The van der Waals surface area contributed by atoms with Crippen molar-refractivity contribution in [2.45, 2.75) is 27.3 Å². The summed E-state index contributed by atoms with van der Waals surface area (Å²) >= 11 is 0. The number of rotatable bonds is 4. The zero-order chi connectivity index (χ0) is 12.3. The van der Waals surface area contributed by atoms with Gasteiger partial charge in [-0.05, 0) is 38.1 Å². The van der Waals surface area contributed by atoms with Gasteiger partial charge in [0.2, 0.25) is 0 Å². The fraction of sp³-hybridized carbons (Fsp3) is 0.357. The van der Waals surface area contributed by atoms with Gasteiger partial charge in [0, 0.05) is 17.8 Å². The summed E-state index contributed by atoms with van der Waals surface area (Å²) in [6.45, 7) is 8.19. The minimum Gasteiger partial charge on any atom is -0.313 e. The highest BCUT2D eigenvalue weighted by atomic mass is 15.3. The SMILES string of the molecule is CCNCc1cnn(-c2cccc(C)c2)c1C. The van der Waals surface area contributed by atoms with Crippen LogP contribution in [0.25, 0.3) is 5.69 Å². The predicted molar refractivity (Wildman–Crippen MR) is 70.4 cm³/mol. The van der Waals surface area contributed by atoms with Crippen LogP contribution in [0.5, 0.6) is 0 Å². The van der Waals surface area contributed by atoms with Gasteiger partial charge in [-0.1, -0.05) is 19.1 Å². The quantitative estimate of drug-likeness (QED) is 0.873. The number of hydrogen-bond acceptors (Lipinski definition) is 2. The lowest BCUT2D eigenvalue weighted by atomic mass is 10.2. The third-order valence-electron chi connectivity index (χ3n) is 2.92. The number of aromatic nitrogens is 2. The first-order chi connectivity index (χ1) is 8.22. The van der Waals surface area contributed by atoms with Gasteiger partial charge in [0.05, 0.1) is 11.9 Å². The molecule has 0 radical (unpaired) electrons. The van der Waals surface area contributed by atoms with Crippen molar-refractivity contribution >= 4 is 0 Å². The normalized spacial score (nSPS) is 10.8. The van der Waals surface area contributed by atoms with Crippen molar-refractivity contribution in [1.82, 2.24) is 15.1 Å². The van der Waals surface area contributed by atoms with Crippen LogP contribution in [0, 0.1) is 13.8 Å². The van der Waals surface area contributed by atoms with Crippen molar-refractivity contribution in [3.8, 4) is 5.69 Å². The van der Waals surface area contributed by atoms with Gasteiger partial charge in [0.1, 0.15) is 0 Å². The highest BCUT2D eigenvalue weighted by Gasteiger charge is 2.07. The Kier molecular flexibility index (Phi) is 3.59. The second kappa shape index (κ2) is 5.15. The lowest BCUT2D eigenvalue weighted by Gasteiger charge is -2.06. The molecule has 1 aromatic heterocycles. The standard InChI is InChI=1S/C14H19N3/c1-4-15-9-13-10-16-17(12(13)3)14-7-5-6-11(2)8-14/h5-8,10,15H,4,9H2,1-3H3. The molecular weight excluding hydrogens is 210 g/mol. The Labute approximate surface area is 102 Å². The molecule has 2 rings (SSSR count). The number of hydrogen-bond donors (Lipinski definition) is 1. The molecule has 90 valence electrons. The van der Waals surface area contributed by atoms with E-state index in [1.807, 2.05) is 10.9 Å². The first kappa shape index (κ1) is 11.9.